The Morgan fingerprint density at radius 1 is 1.11 bits per heavy atom. The fraction of sp³-hybridized carbons (Fsp3) is 0.818. The van der Waals surface area contributed by atoms with E-state index in [0.717, 1.165) is 0 Å². The molecule has 0 spiro atoms. The fourth-order valence-corrected chi connectivity index (χ4v) is 2.25. The quantitative estimate of drug-likeness (QED) is 0.640. The van der Waals surface area contributed by atoms with E-state index in [1.807, 2.05) is 0 Å². The minimum Gasteiger partial charge on any atom is -0.457 e. The van der Waals surface area contributed by atoms with Crippen molar-refractivity contribution in [1.29, 1.82) is 0 Å². The Morgan fingerprint density at radius 3 is 2.28 bits per heavy atom. The molecule has 2 aliphatic heterocycles. The molecule has 0 aromatic rings. The van der Waals surface area contributed by atoms with Crippen molar-refractivity contribution in [2.24, 2.45) is 0 Å². The summed E-state index contributed by atoms with van der Waals surface area (Å²) in [5.41, 5.74) is 0. The molecule has 0 aromatic heterocycles. The van der Waals surface area contributed by atoms with E-state index in [-0.39, 0.29) is 6.61 Å². The monoisotopic (exact) mass is 260 g/mol. The van der Waals surface area contributed by atoms with Crippen LogP contribution in [0.15, 0.2) is 0 Å². The van der Waals surface area contributed by atoms with E-state index in [0.29, 0.717) is 0 Å². The highest BCUT2D eigenvalue weighted by Crippen LogP contribution is 2.33. The number of hydrogen-bond donors (Lipinski definition) is 0. The topological polar surface area (TPSA) is 80.3 Å². The molecule has 2 rings (SSSR count). The summed E-state index contributed by atoms with van der Waals surface area (Å²) in [6.45, 7) is 2.87. The van der Waals surface area contributed by atoms with Crippen molar-refractivity contribution < 1.29 is 33.3 Å². The van der Waals surface area contributed by atoms with E-state index in [1.54, 1.807) is 0 Å². The van der Waals surface area contributed by atoms with Gasteiger partial charge in [-0.25, -0.2) is 0 Å². The molecule has 5 unspecified atom stereocenters. The molecule has 0 radical (unpaired) electrons. The van der Waals surface area contributed by atoms with E-state index in [2.05, 4.69) is 0 Å². The summed E-state index contributed by atoms with van der Waals surface area (Å²) in [6.07, 6.45) is -2.97. The van der Waals surface area contributed by atoms with Crippen molar-refractivity contribution in [2.45, 2.75) is 44.6 Å². The number of ether oxygens (including phenoxy) is 5. The average Bonchev–Trinajstić information content (AvgIpc) is 2.55. The van der Waals surface area contributed by atoms with Crippen LogP contribution >= 0.6 is 0 Å². The number of carbonyl (C=O) groups is 2. The molecule has 5 atom stereocenters. The van der Waals surface area contributed by atoms with Gasteiger partial charge in [-0.15, -0.1) is 0 Å². The summed E-state index contributed by atoms with van der Waals surface area (Å²) in [6, 6.07) is 0. The Balaban J connectivity index is 2.14. The second kappa shape index (κ2) is 5.21. The summed E-state index contributed by atoms with van der Waals surface area (Å²) in [5, 5.41) is 0. The van der Waals surface area contributed by atoms with Gasteiger partial charge < -0.3 is 23.7 Å². The largest absolute Gasteiger partial charge is 0.457 e. The number of hydrogen-bond acceptors (Lipinski definition) is 7. The van der Waals surface area contributed by atoms with Crippen LogP contribution in [0.25, 0.3) is 0 Å². The first-order valence-electron chi connectivity index (χ1n) is 5.67. The number of esters is 2. The molecule has 7 heteroatoms. The molecule has 2 saturated heterocycles. The number of rotatable bonds is 3. The van der Waals surface area contributed by atoms with Crippen LogP contribution in [0, 0.1) is 0 Å². The maximum absolute atomic E-state index is 11.1. The van der Waals surface area contributed by atoms with E-state index < -0.39 is 42.6 Å². The third-order valence-corrected chi connectivity index (χ3v) is 2.88. The van der Waals surface area contributed by atoms with Crippen LogP contribution in [0.4, 0.5) is 0 Å². The Bertz CT molecular complexity index is 342. The summed E-state index contributed by atoms with van der Waals surface area (Å²) in [5.74, 6) is -0.900. The molecule has 0 saturated carbocycles. The lowest BCUT2D eigenvalue weighted by Gasteiger charge is -2.37. The summed E-state index contributed by atoms with van der Waals surface area (Å²) in [7, 11) is 1.45. The van der Waals surface area contributed by atoms with Crippen molar-refractivity contribution in [3.05, 3.63) is 0 Å². The molecule has 18 heavy (non-hydrogen) atoms. The molecule has 2 heterocycles. The normalized spacial score (nSPS) is 38.3. The molecular formula is C11H16O7. The van der Waals surface area contributed by atoms with Crippen molar-refractivity contribution in [1.82, 2.24) is 0 Å². The fourth-order valence-electron chi connectivity index (χ4n) is 2.25. The van der Waals surface area contributed by atoms with E-state index in [4.69, 9.17) is 23.7 Å². The third kappa shape index (κ3) is 2.47. The zero-order valence-corrected chi connectivity index (χ0v) is 10.5. The first-order valence-corrected chi connectivity index (χ1v) is 5.67. The number of carbonyl (C=O) groups excluding carboxylic acids is 2. The maximum Gasteiger partial charge on any atom is 0.303 e. The average molecular weight is 260 g/mol. The molecule has 7 nitrogen and oxygen atoms in total. The molecular weight excluding hydrogens is 244 g/mol. The van der Waals surface area contributed by atoms with Gasteiger partial charge in [0.2, 0.25) is 0 Å². The molecule has 102 valence electrons. The SMILES string of the molecule is COC1OC2COC(C2OC(C)=O)C1OC(C)=O. The van der Waals surface area contributed by atoms with Crippen molar-refractivity contribution >= 4 is 11.9 Å². The van der Waals surface area contributed by atoms with Crippen molar-refractivity contribution in [2.75, 3.05) is 13.7 Å². The standard InChI is InChI=1S/C11H16O7/c1-5(12)16-8-7-4-15-9(8)10(17-6(2)13)11(14-3)18-7/h7-11H,4H2,1-3H3. The van der Waals surface area contributed by atoms with Crippen molar-refractivity contribution in [3.8, 4) is 0 Å². The maximum atomic E-state index is 11.1. The van der Waals surface area contributed by atoms with Gasteiger partial charge in [0, 0.05) is 21.0 Å². The lowest BCUT2D eigenvalue weighted by molar-refractivity contribution is -0.262. The first-order chi connectivity index (χ1) is 8.52. The Kier molecular flexibility index (Phi) is 3.84. The predicted octanol–water partition coefficient (Wildman–Crippen LogP) is -0.380. The van der Waals surface area contributed by atoms with Crippen LogP contribution < -0.4 is 0 Å². The van der Waals surface area contributed by atoms with E-state index in [1.165, 1.54) is 21.0 Å². The van der Waals surface area contributed by atoms with E-state index in [9.17, 15) is 9.59 Å². The second-order valence-corrected chi connectivity index (χ2v) is 4.22. The smallest absolute Gasteiger partial charge is 0.303 e. The Morgan fingerprint density at radius 2 is 1.72 bits per heavy atom. The van der Waals surface area contributed by atoms with Gasteiger partial charge in [0.05, 0.1) is 6.61 Å². The first kappa shape index (κ1) is 13.3. The van der Waals surface area contributed by atoms with Gasteiger partial charge in [0.15, 0.2) is 18.5 Å². The molecule has 0 amide bonds. The van der Waals surface area contributed by atoms with E-state index >= 15 is 0 Å². The lowest BCUT2D eigenvalue weighted by atomic mass is 10.0. The minimum atomic E-state index is -0.740. The van der Waals surface area contributed by atoms with Gasteiger partial charge in [-0.2, -0.15) is 0 Å². The Hall–Kier alpha value is -1.18. The van der Waals surface area contributed by atoms with Crippen LogP contribution in [-0.4, -0.2) is 56.4 Å². The molecule has 2 fully saturated rings. The highest BCUT2D eigenvalue weighted by Gasteiger charge is 2.55. The summed E-state index contributed by atoms with van der Waals surface area (Å²) < 4.78 is 26.4. The van der Waals surface area contributed by atoms with Gasteiger partial charge in [-0.3, -0.25) is 9.59 Å². The zero-order valence-electron chi connectivity index (χ0n) is 10.5. The number of methoxy groups -OCH3 is 1. The van der Waals surface area contributed by atoms with Gasteiger partial charge >= 0.3 is 11.9 Å². The van der Waals surface area contributed by atoms with Crippen LogP contribution in [0.5, 0.6) is 0 Å². The third-order valence-electron chi connectivity index (χ3n) is 2.88. The number of fused-ring (bicyclic) bond motifs is 2. The Labute approximate surface area is 104 Å². The lowest BCUT2D eigenvalue weighted by Crippen LogP contribution is -2.56. The highest BCUT2D eigenvalue weighted by molar-refractivity contribution is 5.67. The molecule has 0 aliphatic carbocycles. The predicted molar refractivity (Wildman–Crippen MR) is 56.5 cm³/mol. The van der Waals surface area contributed by atoms with Gasteiger partial charge in [0.1, 0.15) is 12.2 Å². The summed E-state index contributed by atoms with van der Waals surface area (Å²) in [4.78, 5) is 22.1. The molecule has 2 bridgehead atoms. The highest BCUT2D eigenvalue weighted by atomic mass is 16.7. The zero-order chi connectivity index (χ0) is 13.3. The summed E-state index contributed by atoms with van der Waals surface area (Å²) >= 11 is 0. The van der Waals surface area contributed by atoms with Gasteiger partial charge in [0.25, 0.3) is 0 Å². The van der Waals surface area contributed by atoms with Crippen LogP contribution in [-0.2, 0) is 33.3 Å². The van der Waals surface area contributed by atoms with Crippen LogP contribution in [0.1, 0.15) is 13.8 Å². The molecule has 0 aromatic carbocycles. The van der Waals surface area contributed by atoms with Crippen LogP contribution in [0.3, 0.4) is 0 Å². The minimum absolute atomic E-state index is 0.278. The molecule has 0 N–H and O–H groups in total. The van der Waals surface area contributed by atoms with Gasteiger partial charge in [-0.05, 0) is 0 Å². The molecule has 2 aliphatic rings. The van der Waals surface area contributed by atoms with Gasteiger partial charge in [-0.1, -0.05) is 0 Å². The van der Waals surface area contributed by atoms with Crippen LogP contribution in [0.2, 0.25) is 0 Å². The van der Waals surface area contributed by atoms with Crippen molar-refractivity contribution in [3.63, 3.8) is 0 Å². The second-order valence-electron chi connectivity index (χ2n) is 4.22.